The Morgan fingerprint density at radius 1 is 1.00 bits per heavy atom. The topological polar surface area (TPSA) is 105 Å². The van der Waals surface area contributed by atoms with Crippen molar-refractivity contribution in [3.05, 3.63) is 90.0 Å². The zero-order chi connectivity index (χ0) is 24.8. The Bertz CT molecular complexity index is 1310. The fraction of sp³-hybridized carbons (Fsp3) is 0.231. The first-order chi connectivity index (χ1) is 16.9. The summed E-state index contributed by atoms with van der Waals surface area (Å²) in [5.74, 6) is -0.320. The lowest BCUT2D eigenvalue weighted by atomic mass is 10.1. The normalized spacial score (nSPS) is 15.0. The molecule has 1 heterocycles. The minimum Gasteiger partial charge on any atom is -0.477 e. The Morgan fingerprint density at radius 2 is 1.74 bits per heavy atom. The van der Waals surface area contributed by atoms with Crippen molar-refractivity contribution < 1.29 is 22.7 Å². The average molecular weight is 494 g/mol. The van der Waals surface area contributed by atoms with Crippen LogP contribution in [0.3, 0.4) is 0 Å². The van der Waals surface area contributed by atoms with E-state index in [1.54, 1.807) is 42.5 Å². The van der Waals surface area contributed by atoms with Crippen molar-refractivity contribution in [3.8, 4) is 5.75 Å². The first kappa shape index (κ1) is 24.3. The molecule has 0 radical (unpaired) electrons. The highest BCUT2D eigenvalue weighted by Crippen LogP contribution is 2.34. The van der Waals surface area contributed by atoms with Crippen LogP contribution in [0.1, 0.15) is 22.8 Å². The van der Waals surface area contributed by atoms with Gasteiger partial charge in [-0.15, -0.1) is 0 Å². The number of rotatable bonds is 8. The molecule has 0 saturated heterocycles. The molecule has 0 fully saturated rings. The SMILES string of the molecule is CCS(=O)(=O)Nc1cccc(C(=O)N2C[C@@H](C(=O)NCCc3ccccc3)Oc3ccccc32)c1. The molecular weight excluding hydrogens is 466 g/mol. The zero-order valence-electron chi connectivity index (χ0n) is 19.3. The van der Waals surface area contributed by atoms with E-state index in [0.29, 0.717) is 35.7 Å². The fourth-order valence-electron chi connectivity index (χ4n) is 3.78. The highest BCUT2D eigenvalue weighted by molar-refractivity contribution is 7.92. The number of nitrogens with zero attached hydrogens (tertiary/aromatic N) is 1. The number of hydrogen-bond donors (Lipinski definition) is 2. The van der Waals surface area contributed by atoms with E-state index in [1.165, 1.54) is 17.9 Å². The van der Waals surface area contributed by atoms with Crippen molar-refractivity contribution in [2.45, 2.75) is 19.4 Å². The van der Waals surface area contributed by atoms with E-state index in [2.05, 4.69) is 10.0 Å². The van der Waals surface area contributed by atoms with Gasteiger partial charge in [-0.25, -0.2) is 8.42 Å². The molecule has 9 heteroatoms. The molecule has 0 aromatic heterocycles. The van der Waals surface area contributed by atoms with Crippen molar-refractivity contribution in [3.63, 3.8) is 0 Å². The first-order valence-electron chi connectivity index (χ1n) is 11.4. The van der Waals surface area contributed by atoms with Crippen LogP contribution >= 0.6 is 0 Å². The summed E-state index contributed by atoms with van der Waals surface area (Å²) in [4.78, 5) is 27.9. The van der Waals surface area contributed by atoms with E-state index in [-0.39, 0.29) is 24.1 Å². The summed E-state index contributed by atoms with van der Waals surface area (Å²) in [6.45, 7) is 2.00. The van der Waals surface area contributed by atoms with Gasteiger partial charge in [-0.3, -0.25) is 14.3 Å². The Labute approximate surface area is 205 Å². The molecule has 2 amide bonds. The molecule has 3 aromatic rings. The second-order valence-corrected chi connectivity index (χ2v) is 10.1. The number of ether oxygens (including phenoxy) is 1. The van der Waals surface area contributed by atoms with Gasteiger partial charge in [0.2, 0.25) is 10.0 Å². The van der Waals surface area contributed by atoms with Crippen LogP contribution < -0.4 is 19.7 Å². The maximum absolute atomic E-state index is 13.5. The number of para-hydroxylation sites is 2. The molecule has 8 nitrogen and oxygen atoms in total. The molecular formula is C26H27N3O5S. The summed E-state index contributed by atoms with van der Waals surface area (Å²) in [5.41, 5.74) is 2.25. The van der Waals surface area contributed by atoms with Crippen LogP contribution in [0.4, 0.5) is 11.4 Å². The third-order valence-electron chi connectivity index (χ3n) is 5.63. The van der Waals surface area contributed by atoms with Gasteiger partial charge in [0, 0.05) is 17.8 Å². The first-order valence-corrected chi connectivity index (χ1v) is 13.0. The van der Waals surface area contributed by atoms with Gasteiger partial charge in [0.1, 0.15) is 5.75 Å². The number of amides is 2. The van der Waals surface area contributed by atoms with Crippen LogP contribution in [0.2, 0.25) is 0 Å². The number of anilines is 2. The smallest absolute Gasteiger partial charge is 0.262 e. The van der Waals surface area contributed by atoms with Crippen LogP contribution in [-0.4, -0.2) is 45.2 Å². The molecule has 0 bridgehead atoms. The second-order valence-electron chi connectivity index (χ2n) is 8.10. The van der Waals surface area contributed by atoms with Crippen molar-refractivity contribution >= 4 is 33.2 Å². The average Bonchev–Trinajstić information content (AvgIpc) is 2.88. The van der Waals surface area contributed by atoms with Crippen molar-refractivity contribution in [1.29, 1.82) is 0 Å². The summed E-state index contributed by atoms with van der Waals surface area (Å²) in [5, 5.41) is 2.89. The molecule has 4 rings (SSSR count). The van der Waals surface area contributed by atoms with Gasteiger partial charge in [0.15, 0.2) is 6.10 Å². The third-order valence-corrected chi connectivity index (χ3v) is 6.94. The maximum atomic E-state index is 13.5. The highest BCUT2D eigenvalue weighted by Gasteiger charge is 2.34. The lowest BCUT2D eigenvalue weighted by molar-refractivity contribution is -0.127. The summed E-state index contributed by atoms with van der Waals surface area (Å²) < 4.78 is 32.3. The van der Waals surface area contributed by atoms with Crippen LogP contribution in [0.25, 0.3) is 0 Å². The number of carbonyl (C=O) groups is 2. The lowest BCUT2D eigenvalue weighted by Gasteiger charge is -2.34. The van der Waals surface area contributed by atoms with E-state index in [4.69, 9.17) is 4.74 Å². The van der Waals surface area contributed by atoms with Crippen LogP contribution in [0.5, 0.6) is 5.75 Å². The molecule has 1 atom stereocenters. The molecule has 3 aromatic carbocycles. The van der Waals surface area contributed by atoms with Crippen molar-refractivity contribution in [2.24, 2.45) is 0 Å². The number of nitrogens with one attached hydrogen (secondary N) is 2. The summed E-state index contributed by atoms with van der Waals surface area (Å²) in [6, 6.07) is 23.1. The minimum absolute atomic E-state index is 0.0257. The lowest BCUT2D eigenvalue weighted by Crippen LogP contribution is -2.51. The molecule has 0 unspecified atom stereocenters. The van der Waals surface area contributed by atoms with Crippen LogP contribution in [-0.2, 0) is 21.2 Å². The Kier molecular flexibility index (Phi) is 7.36. The van der Waals surface area contributed by atoms with Gasteiger partial charge in [0.25, 0.3) is 11.8 Å². The monoisotopic (exact) mass is 493 g/mol. The van der Waals surface area contributed by atoms with E-state index < -0.39 is 16.1 Å². The van der Waals surface area contributed by atoms with E-state index in [1.807, 2.05) is 30.3 Å². The molecule has 182 valence electrons. The fourth-order valence-corrected chi connectivity index (χ4v) is 4.41. The van der Waals surface area contributed by atoms with Gasteiger partial charge in [-0.2, -0.15) is 0 Å². The van der Waals surface area contributed by atoms with Gasteiger partial charge >= 0.3 is 0 Å². The molecule has 0 spiro atoms. The molecule has 0 aliphatic carbocycles. The molecule has 1 aliphatic rings. The van der Waals surface area contributed by atoms with Gasteiger partial charge in [0.05, 0.1) is 18.0 Å². The Morgan fingerprint density at radius 3 is 2.51 bits per heavy atom. The number of benzene rings is 3. The van der Waals surface area contributed by atoms with E-state index >= 15 is 0 Å². The standard InChI is InChI=1S/C26H27N3O5S/c1-2-35(32,33)28-21-12-8-11-20(17-21)26(31)29-18-24(34-23-14-7-6-13-22(23)29)25(30)27-16-15-19-9-4-3-5-10-19/h3-14,17,24,28H,2,15-16,18H2,1H3,(H,27,30)/t24-/m0/s1. The summed E-state index contributed by atoms with van der Waals surface area (Å²) in [7, 11) is -3.49. The van der Waals surface area contributed by atoms with Crippen LogP contribution in [0, 0.1) is 0 Å². The largest absolute Gasteiger partial charge is 0.477 e. The van der Waals surface area contributed by atoms with Crippen molar-refractivity contribution in [1.82, 2.24) is 5.32 Å². The molecule has 35 heavy (non-hydrogen) atoms. The summed E-state index contributed by atoms with van der Waals surface area (Å²) >= 11 is 0. The Hall–Kier alpha value is -3.85. The number of hydrogen-bond acceptors (Lipinski definition) is 5. The van der Waals surface area contributed by atoms with Crippen molar-refractivity contribution in [2.75, 3.05) is 28.5 Å². The zero-order valence-corrected chi connectivity index (χ0v) is 20.1. The van der Waals surface area contributed by atoms with Gasteiger partial charge < -0.3 is 15.0 Å². The number of carbonyl (C=O) groups excluding carboxylic acids is 2. The number of fused-ring (bicyclic) bond motifs is 1. The summed E-state index contributed by atoms with van der Waals surface area (Å²) in [6.07, 6.45) is -0.203. The predicted molar refractivity (Wildman–Crippen MR) is 135 cm³/mol. The number of sulfonamides is 1. The molecule has 1 aliphatic heterocycles. The maximum Gasteiger partial charge on any atom is 0.262 e. The van der Waals surface area contributed by atoms with E-state index in [0.717, 1.165) is 5.56 Å². The predicted octanol–water partition coefficient (Wildman–Crippen LogP) is 3.21. The second kappa shape index (κ2) is 10.6. The minimum atomic E-state index is -3.49. The van der Waals surface area contributed by atoms with Gasteiger partial charge in [-0.1, -0.05) is 48.5 Å². The molecule has 0 saturated carbocycles. The quantitative estimate of drug-likeness (QED) is 0.501. The molecule has 2 N–H and O–H groups in total. The van der Waals surface area contributed by atoms with E-state index in [9.17, 15) is 18.0 Å². The third kappa shape index (κ3) is 5.99. The highest BCUT2D eigenvalue weighted by atomic mass is 32.2. The van der Waals surface area contributed by atoms with Crippen LogP contribution in [0.15, 0.2) is 78.9 Å². The van der Waals surface area contributed by atoms with Gasteiger partial charge in [-0.05, 0) is 49.2 Å². The Balaban J connectivity index is 1.51.